The average Bonchev–Trinajstić information content (AvgIpc) is 2.29. The highest BCUT2D eigenvalue weighted by Gasteiger charge is 2.27. The summed E-state index contributed by atoms with van der Waals surface area (Å²) in [5, 5.41) is 8.66. The molecule has 1 aromatic carbocycles. The van der Waals surface area contributed by atoms with Crippen molar-refractivity contribution in [3.05, 3.63) is 35.4 Å². The Bertz CT molecular complexity index is 465. The lowest BCUT2D eigenvalue weighted by atomic mass is 10.1. The maximum absolute atomic E-state index is 11.9. The van der Waals surface area contributed by atoms with Crippen molar-refractivity contribution in [3.63, 3.8) is 0 Å². The molecule has 1 rings (SSSR count). The number of hydrogen-bond donors (Lipinski definition) is 1. The molecule has 1 atom stereocenters. The van der Waals surface area contributed by atoms with Crippen LogP contribution in [0.2, 0.25) is 0 Å². The van der Waals surface area contributed by atoms with E-state index in [4.69, 9.17) is 5.26 Å². The molecular weight excluding hydrogens is 237 g/mol. The first-order valence-corrected chi connectivity index (χ1v) is 6.65. The van der Waals surface area contributed by atoms with E-state index in [9.17, 15) is 9.46 Å². The number of nitrogens with zero attached hydrogens (tertiary/aromatic N) is 3. The number of benzene rings is 1. The van der Waals surface area contributed by atoms with Crippen LogP contribution in [0.25, 0.3) is 0 Å². The van der Waals surface area contributed by atoms with E-state index in [0.29, 0.717) is 12.1 Å². The Morgan fingerprint density at radius 2 is 1.82 bits per heavy atom. The third-order valence-electron chi connectivity index (χ3n) is 2.46. The molecule has 0 spiro atoms. The summed E-state index contributed by atoms with van der Waals surface area (Å²) in [6, 6.07) is 8.99. The van der Waals surface area contributed by atoms with Gasteiger partial charge in [-0.15, -0.1) is 0 Å². The Morgan fingerprint density at radius 3 is 2.24 bits per heavy atom. The third-order valence-corrected chi connectivity index (χ3v) is 4.53. The van der Waals surface area contributed by atoms with Crippen LogP contribution in [0, 0.1) is 11.3 Å². The summed E-state index contributed by atoms with van der Waals surface area (Å²) in [7, 11) is 1.29. The van der Waals surface area contributed by atoms with Crippen molar-refractivity contribution in [2.24, 2.45) is 0 Å². The lowest BCUT2D eigenvalue weighted by molar-refractivity contribution is 0.322. The normalized spacial score (nSPS) is 14.6. The van der Waals surface area contributed by atoms with Crippen molar-refractivity contribution in [3.8, 4) is 6.07 Å². The Balaban J connectivity index is 2.78. The molecule has 0 aliphatic heterocycles. The highest BCUT2D eigenvalue weighted by Crippen LogP contribution is 2.46. The van der Waals surface area contributed by atoms with Crippen LogP contribution in [0.5, 0.6) is 0 Å². The molecule has 0 saturated heterocycles. The predicted molar refractivity (Wildman–Crippen MR) is 66.1 cm³/mol. The molecule has 0 bridgehead atoms. The highest BCUT2D eigenvalue weighted by molar-refractivity contribution is 7.52. The minimum absolute atomic E-state index is 0.359. The number of nitriles is 1. The zero-order valence-corrected chi connectivity index (χ0v) is 11.1. The molecule has 1 aromatic rings. The summed E-state index contributed by atoms with van der Waals surface area (Å²) in [5.41, 5.74) is 1.47. The fourth-order valence-electron chi connectivity index (χ4n) is 1.35. The summed E-state index contributed by atoms with van der Waals surface area (Å²) in [6.45, 7) is 0.359. The SMILES string of the molecule is CN(C)P(=O)(O)N(C)Cc1ccc(C#N)cc1. The zero-order valence-electron chi connectivity index (χ0n) is 10.2. The van der Waals surface area contributed by atoms with Gasteiger partial charge in [-0.3, -0.25) is 4.57 Å². The minimum atomic E-state index is -3.44. The van der Waals surface area contributed by atoms with E-state index in [-0.39, 0.29) is 0 Å². The Hall–Kier alpha value is -1.18. The van der Waals surface area contributed by atoms with Crippen LogP contribution in [-0.4, -0.2) is 35.4 Å². The molecule has 92 valence electrons. The standard InChI is InChI=1S/C11H16N3O2P/c1-13(2)17(15,16)14(3)9-11-6-4-10(8-12)5-7-11/h4-7H,9H2,1-3H3,(H,15,16). The predicted octanol–water partition coefficient (Wildman–Crippen LogP) is 1.65. The summed E-state index contributed by atoms with van der Waals surface area (Å²) in [4.78, 5) is 9.78. The summed E-state index contributed by atoms with van der Waals surface area (Å²) in [5.74, 6) is 0. The van der Waals surface area contributed by atoms with Gasteiger partial charge in [-0.25, -0.2) is 9.34 Å². The van der Waals surface area contributed by atoms with Gasteiger partial charge in [0.15, 0.2) is 0 Å². The third kappa shape index (κ3) is 3.39. The van der Waals surface area contributed by atoms with Crippen LogP contribution in [0.15, 0.2) is 24.3 Å². The molecule has 0 aromatic heterocycles. The van der Waals surface area contributed by atoms with E-state index < -0.39 is 7.67 Å². The molecule has 0 amide bonds. The van der Waals surface area contributed by atoms with Crippen LogP contribution in [0.1, 0.15) is 11.1 Å². The van der Waals surface area contributed by atoms with Crippen LogP contribution >= 0.6 is 7.67 Å². The van der Waals surface area contributed by atoms with E-state index in [0.717, 1.165) is 5.56 Å². The van der Waals surface area contributed by atoms with Gasteiger partial charge in [-0.05, 0) is 38.8 Å². The van der Waals surface area contributed by atoms with Crippen molar-refractivity contribution >= 4 is 7.67 Å². The van der Waals surface area contributed by atoms with Crippen molar-refractivity contribution in [2.75, 3.05) is 21.1 Å². The quantitative estimate of drug-likeness (QED) is 0.826. The van der Waals surface area contributed by atoms with Crippen molar-refractivity contribution < 1.29 is 9.46 Å². The fourth-order valence-corrected chi connectivity index (χ4v) is 2.30. The first-order valence-electron chi connectivity index (χ1n) is 5.09. The summed E-state index contributed by atoms with van der Waals surface area (Å²) >= 11 is 0. The monoisotopic (exact) mass is 253 g/mol. The molecule has 0 aliphatic rings. The molecule has 0 radical (unpaired) electrons. The van der Waals surface area contributed by atoms with E-state index in [1.807, 2.05) is 6.07 Å². The second-order valence-corrected chi connectivity index (χ2v) is 6.49. The maximum Gasteiger partial charge on any atom is 0.343 e. The average molecular weight is 253 g/mol. The zero-order chi connectivity index (χ0) is 13.1. The lowest BCUT2D eigenvalue weighted by Gasteiger charge is -2.27. The number of hydrogen-bond acceptors (Lipinski definition) is 2. The fraction of sp³-hybridized carbons (Fsp3) is 0.364. The lowest BCUT2D eigenvalue weighted by Crippen LogP contribution is -2.23. The van der Waals surface area contributed by atoms with Gasteiger partial charge in [0.2, 0.25) is 0 Å². The van der Waals surface area contributed by atoms with Crippen LogP contribution < -0.4 is 0 Å². The largest absolute Gasteiger partial charge is 0.343 e. The van der Waals surface area contributed by atoms with Gasteiger partial charge in [0.25, 0.3) is 0 Å². The van der Waals surface area contributed by atoms with Gasteiger partial charge in [0, 0.05) is 6.54 Å². The molecule has 1 unspecified atom stereocenters. The molecule has 6 heteroatoms. The van der Waals surface area contributed by atoms with Gasteiger partial charge in [-0.2, -0.15) is 5.26 Å². The van der Waals surface area contributed by atoms with Gasteiger partial charge in [0.1, 0.15) is 0 Å². The molecule has 0 aliphatic carbocycles. The maximum atomic E-state index is 11.9. The minimum Gasteiger partial charge on any atom is -0.322 e. The van der Waals surface area contributed by atoms with Gasteiger partial charge in [-0.1, -0.05) is 12.1 Å². The summed E-state index contributed by atoms with van der Waals surface area (Å²) < 4.78 is 14.6. The van der Waals surface area contributed by atoms with Crippen LogP contribution in [-0.2, 0) is 11.1 Å². The topological polar surface area (TPSA) is 67.6 Å². The van der Waals surface area contributed by atoms with E-state index >= 15 is 0 Å². The van der Waals surface area contributed by atoms with Crippen molar-refractivity contribution in [2.45, 2.75) is 6.54 Å². The second-order valence-electron chi connectivity index (χ2n) is 3.98. The van der Waals surface area contributed by atoms with Crippen molar-refractivity contribution in [1.82, 2.24) is 9.34 Å². The van der Waals surface area contributed by atoms with E-state index in [2.05, 4.69) is 0 Å². The van der Waals surface area contributed by atoms with Gasteiger partial charge < -0.3 is 4.89 Å². The van der Waals surface area contributed by atoms with E-state index in [1.165, 1.54) is 9.34 Å². The Morgan fingerprint density at radius 1 is 1.29 bits per heavy atom. The van der Waals surface area contributed by atoms with Crippen LogP contribution in [0.4, 0.5) is 0 Å². The number of rotatable bonds is 4. The molecule has 5 nitrogen and oxygen atoms in total. The second kappa shape index (κ2) is 5.44. The van der Waals surface area contributed by atoms with Crippen LogP contribution in [0.3, 0.4) is 0 Å². The molecule has 0 saturated carbocycles. The molecule has 1 N–H and O–H groups in total. The molecular formula is C11H16N3O2P. The van der Waals surface area contributed by atoms with Gasteiger partial charge >= 0.3 is 7.67 Å². The summed E-state index contributed by atoms with van der Waals surface area (Å²) in [6.07, 6.45) is 0. The van der Waals surface area contributed by atoms with Crippen molar-refractivity contribution in [1.29, 1.82) is 5.26 Å². The Kier molecular flexibility index (Phi) is 4.44. The Labute approximate surface area is 101 Å². The van der Waals surface area contributed by atoms with E-state index in [1.54, 1.807) is 45.4 Å². The molecule has 17 heavy (non-hydrogen) atoms. The molecule has 0 fully saturated rings. The van der Waals surface area contributed by atoms with Gasteiger partial charge in [0.05, 0.1) is 11.6 Å². The smallest absolute Gasteiger partial charge is 0.322 e. The first-order chi connectivity index (χ1) is 7.87. The first kappa shape index (κ1) is 13.9. The molecule has 0 heterocycles. The highest BCUT2D eigenvalue weighted by atomic mass is 31.2.